The van der Waals surface area contributed by atoms with Crippen molar-refractivity contribution in [2.75, 3.05) is 13.7 Å². The maximum absolute atomic E-state index is 11.9. The van der Waals surface area contributed by atoms with Crippen LogP contribution in [0.25, 0.3) is 0 Å². The van der Waals surface area contributed by atoms with E-state index < -0.39 is 0 Å². The van der Waals surface area contributed by atoms with Crippen molar-refractivity contribution in [3.05, 3.63) is 23.3 Å². The molecular weight excluding hydrogens is 256 g/mol. The van der Waals surface area contributed by atoms with Crippen LogP contribution >= 0.6 is 0 Å². The molecular formula is C15H24N2O3. The predicted octanol–water partition coefficient (Wildman–Crippen LogP) is 3.09. The Bertz CT molecular complexity index is 435. The highest BCUT2D eigenvalue weighted by atomic mass is 16.5. The number of nitrogens with zero attached hydrogens (tertiary/aromatic N) is 2. The molecule has 0 saturated heterocycles. The molecule has 0 spiro atoms. The lowest BCUT2D eigenvalue weighted by Gasteiger charge is -2.15. The van der Waals surface area contributed by atoms with E-state index >= 15 is 0 Å². The summed E-state index contributed by atoms with van der Waals surface area (Å²) < 4.78 is 10.5. The van der Waals surface area contributed by atoms with Gasteiger partial charge in [-0.05, 0) is 19.8 Å². The molecule has 1 heterocycles. The van der Waals surface area contributed by atoms with Gasteiger partial charge >= 0.3 is 5.97 Å². The van der Waals surface area contributed by atoms with Crippen molar-refractivity contribution in [3.63, 3.8) is 0 Å². The fraction of sp³-hybridized carbons (Fsp3) is 0.667. The van der Waals surface area contributed by atoms with Gasteiger partial charge in [0.1, 0.15) is 6.10 Å². The average molecular weight is 280 g/mol. The van der Waals surface area contributed by atoms with Crippen LogP contribution in [-0.4, -0.2) is 29.7 Å². The third-order valence-electron chi connectivity index (χ3n) is 2.99. The van der Waals surface area contributed by atoms with Gasteiger partial charge in [-0.1, -0.05) is 26.7 Å². The summed E-state index contributed by atoms with van der Waals surface area (Å²) in [6, 6.07) is 0. The summed E-state index contributed by atoms with van der Waals surface area (Å²) in [7, 11) is 1.66. The predicted molar refractivity (Wildman–Crippen MR) is 76.6 cm³/mol. The summed E-state index contributed by atoms with van der Waals surface area (Å²) in [6.45, 7) is 6.28. The second-order valence-electron chi connectivity index (χ2n) is 4.57. The summed E-state index contributed by atoms with van der Waals surface area (Å²) in [5.41, 5.74) is 1.21. The highest BCUT2D eigenvalue weighted by molar-refractivity contribution is 5.90. The number of carbonyl (C=O) groups excluding carboxylic acids is 1. The van der Waals surface area contributed by atoms with E-state index in [2.05, 4.69) is 23.8 Å². The standard InChI is InChI=1S/C15H24N2O3/c1-5-8-12-11(15(18)20-7-3)10-16-14(17-12)13(19-4)9-6-2/h10,13H,5-9H2,1-4H3. The molecule has 1 unspecified atom stereocenters. The number of ether oxygens (including phenoxy) is 2. The summed E-state index contributed by atoms with van der Waals surface area (Å²) in [6.07, 6.45) is 4.94. The number of hydrogen-bond acceptors (Lipinski definition) is 5. The summed E-state index contributed by atoms with van der Waals surface area (Å²) >= 11 is 0. The lowest BCUT2D eigenvalue weighted by Crippen LogP contribution is -2.15. The molecule has 0 amide bonds. The normalized spacial score (nSPS) is 12.2. The number of aromatic nitrogens is 2. The van der Waals surface area contributed by atoms with Gasteiger partial charge in [0.15, 0.2) is 5.82 Å². The van der Waals surface area contributed by atoms with E-state index in [0.29, 0.717) is 18.0 Å². The summed E-state index contributed by atoms with van der Waals surface area (Å²) in [5.74, 6) is 0.290. The van der Waals surface area contributed by atoms with Gasteiger partial charge in [0, 0.05) is 13.3 Å². The largest absolute Gasteiger partial charge is 0.462 e. The van der Waals surface area contributed by atoms with Crippen LogP contribution in [0.2, 0.25) is 0 Å². The molecule has 112 valence electrons. The summed E-state index contributed by atoms with van der Waals surface area (Å²) in [4.78, 5) is 20.7. The van der Waals surface area contributed by atoms with Gasteiger partial charge in [0.25, 0.3) is 0 Å². The van der Waals surface area contributed by atoms with Crippen molar-refractivity contribution in [2.24, 2.45) is 0 Å². The third-order valence-corrected chi connectivity index (χ3v) is 2.99. The van der Waals surface area contributed by atoms with E-state index in [1.807, 2.05) is 0 Å². The van der Waals surface area contributed by atoms with Crippen LogP contribution in [0.3, 0.4) is 0 Å². The van der Waals surface area contributed by atoms with Crippen LogP contribution in [0, 0.1) is 0 Å². The molecule has 1 rings (SSSR count). The Balaban J connectivity index is 3.07. The molecule has 0 N–H and O–H groups in total. The molecule has 0 aliphatic carbocycles. The SMILES string of the molecule is CCCc1nc(C(CCC)OC)ncc1C(=O)OCC. The molecule has 5 heteroatoms. The second kappa shape index (κ2) is 8.64. The molecule has 0 saturated carbocycles. The quantitative estimate of drug-likeness (QED) is 0.685. The zero-order chi connectivity index (χ0) is 15.0. The topological polar surface area (TPSA) is 61.3 Å². The number of esters is 1. The Morgan fingerprint density at radius 2 is 2.05 bits per heavy atom. The first-order valence-electron chi connectivity index (χ1n) is 7.23. The first kappa shape index (κ1) is 16.6. The Labute approximate surface area is 120 Å². The van der Waals surface area contributed by atoms with E-state index in [-0.39, 0.29) is 12.1 Å². The molecule has 1 aromatic rings. The van der Waals surface area contributed by atoms with Crippen molar-refractivity contribution in [1.82, 2.24) is 9.97 Å². The first-order chi connectivity index (χ1) is 9.67. The van der Waals surface area contributed by atoms with Crippen LogP contribution in [0.15, 0.2) is 6.20 Å². The molecule has 1 atom stereocenters. The molecule has 0 aliphatic rings. The second-order valence-corrected chi connectivity index (χ2v) is 4.57. The van der Waals surface area contributed by atoms with Gasteiger partial charge in [-0.3, -0.25) is 0 Å². The minimum atomic E-state index is -0.355. The molecule has 0 bridgehead atoms. The van der Waals surface area contributed by atoms with Crippen molar-refractivity contribution >= 4 is 5.97 Å². The lowest BCUT2D eigenvalue weighted by molar-refractivity contribution is 0.0522. The molecule has 0 aliphatic heterocycles. The van der Waals surface area contributed by atoms with Gasteiger partial charge < -0.3 is 9.47 Å². The van der Waals surface area contributed by atoms with Crippen LogP contribution in [0.1, 0.15) is 68.0 Å². The highest BCUT2D eigenvalue weighted by Crippen LogP contribution is 2.20. The van der Waals surface area contributed by atoms with Crippen molar-refractivity contribution < 1.29 is 14.3 Å². The van der Waals surface area contributed by atoms with Gasteiger partial charge in [-0.25, -0.2) is 14.8 Å². The number of carbonyl (C=O) groups is 1. The van der Waals surface area contributed by atoms with Crippen molar-refractivity contribution in [3.8, 4) is 0 Å². The Hall–Kier alpha value is -1.49. The number of methoxy groups -OCH3 is 1. The number of rotatable bonds is 8. The van der Waals surface area contributed by atoms with Crippen LogP contribution in [-0.2, 0) is 15.9 Å². The fourth-order valence-electron chi connectivity index (χ4n) is 2.01. The third kappa shape index (κ3) is 4.27. The van der Waals surface area contributed by atoms with Gasteiger partial charge in [0.2, 0.25) is 0 Å². The number of aryl methyl sites for hydroxylation is 1. The zero-order valence-corrected chi connectivity index (χ0v) is 12.8. The van der Waals surface area contributed by atoms with Gasteiger partial charge in [-0.15, -0.1) is 0 Å². The van der Waals surface area contributed by atoms with Gasteiger partial charge in [-0.2, -0.15) is 0 Å². The van der Waals surface area contributed by atoms with E-state index in [1.165, 1.54) is 0 Å². The molecule has 0 aromatic carbocycles. The van der Waals surface area contributed by atoms with Crippen LogP contribution < -0.4 is 0 Å². The summed E-state index contributed by atoms with van der Waals surface area (Å²) in [5, 5.41) is 0. The Morgan fingerprint density at radius 3 is 2.60 bits per heavy atom. The maximum atomic E-state index is 11.9. The Kier molecular flexibility index (Phi) is 7.15. The molecule has 0 radical (unpaired) electrons. The molecule has 20 heavy (non-hydrogen) atoms. The zero-order valence-electron chi connectivity index (χ0n) is 12.8. The highest BCUT2D eigenvalue weighted by Gasteiger charge is 2.19. The fourth-order valence-corrected chi connectivity index (χ4v) is 2.01. The van der Waals surface area contributed by atoms with Crippen molar-refractivity contribution in [2.45, 2.75) is 52.6 Å². The first-order valence-corrected chi connectivity index (χ1v) is 7.23. The van der Waals surface area contributed by atoms with E-state index in [4.69, 9.17) is 9.47 Å². The van der Waals surface area contributed by atoms with E-state index in [1.54, 1.807) is 20.2 Å². The van der Waals surface area contributed by atoms with Crippen LogP contribution in [0.5, 0.6) is 0 Å². The van der Waals surface area contributed by atoms with Crippen molar-refractivity contribution in [1.29, 1.82) is 0 Å². The smallest absolute Gasteiger partial charge is 0.341 e. The number of hydrogen-bond donors (Lipinski definition) is 0. The molecule has 5 nitrogen and oxygen atoms in total. The molecule has 1 aromatic heterocycles. The van der Waals surface area contributed by atoms with Gasteiger partial charge in [0.05, 0.1) is 17.9 Å². The Morgan fingerprint density at radius 1 is 1.30 bits per heavy atom. The average Bonchev–Trinajstić information content (AvgIpc) is 2.45. The van der Waals surface area contributed by atoms with Crippen LogP contribution in [0.4, 0.5) is 0 Å². The lowest BCUT2D eigenvalue weighted by atomic mass is 10.1. The maximum Gasteiger partial charge on any atom is 0.341 e. The minimum Gasteiger partial charge on any atom is -0.462 e. The monoisotopic (exact) mass is 280 g/mol. The van der Waals surface area contributed by atoms with E-state index in [0.717, 1.165) is 31.4 Å². The minimum absolute atomic E-state index is 0.119. The molecule has 0 fully saturated rings. The van der Waals surface area contributed by atoms with E-state index in [9.17, 15) is 4.79 Å².